The molecule has 0 fully saturated rings. The number of amides is 2. The van der Waals surface area contributed by atoms with Gasteiger partial charge in [-0.1, -0.05) is 108 Å². The van der Waals surface area contributed by atoms with Crippen molar-refractivity contribution in [3.63, 3.8) is 0 Å². The highest BCUT2D eigenvalue weighted by Crippen LogP contribution is 2.33. The number of carbonyl (C=O) groups is 2. The standard InChI is InChI=1S/C33H31Cl4N3O4S/c1-2-18-38-33(42)31(19-23-10-5-3-6-11-23)39(21-26-27(35)14-9-15-28(26)36)32(41)22-40(30-17-16-24(34)20-29(30)37)45(43,44)25-12-7-4-8-13-25/h3-17,20,31H,2,18-19,21-22H2,1H3,(H,38,42). The van der Waals surface area contributed by atoms with Crippen LogP contribution in [0.15, 0.2) is 102 Å². The van der Waals surface area contributed by atoms with E-state index < -0.39 is 34.4 Å². The third-order valence-electron chi connectivity index (χ3n) is 7.00. The van der Waals surface area contributed by atoms with Crippen LogP contribution in [0.2, 0.25) is 20.1 Å². The van der Waals surface area contributed by atoms with Gasteiger partial charge >= 0.3 is 0 Å². The van der Waals surface area contributed by atoms with E-state index in [9.17, 15) is 18.0 Å². The van der Waals surface area contributed by atoms with Gasteiger partial charge in [0.05, 0.1) is 15.6 Å². The molecule has 0 aliphatic carbocycles. The molecule has 0 bridgehead atoms. The number of nitrogens with one attached hydrogen (secondary N) is 1. The second kappa shape index (κ2) is 15.8. The molecule has 236 valence electrons. The van der Waals surface area contributed by atoms with Gasteiger partial charge in [0, 0.05) is 40.1 Å². The van der Waals surface area contributed by atoms with Crippen LogP contribution in [0.5, 0.6) is 0 Å². The van der Waals surface area contributed by atoms with Crippen LogP contribution in [-0.4, -0.2) is 44.3 Å². The average molecular weight is 708 g/mol. The van der Waals surface area contributed by atoms with Crippen molar-refractivity contribution >= 4 is 73.9 Å². The third-order valence-corrected chi connectivity index (χ3v) is 10.0. The molecule has 1 atom stereocenters. The summed E-state index contributed by atoms with van der Waals surface area (Å²) >= 11 is 25.7. The maximum Gasteiger partial charge on any atom is 0.264 e. The van der Waals surface area contributed by atoms with Gasteiger partial charge in [-0.15, -0.1) is 0 Å². The van der Waals surface area contributed by atoms with Crippen molar-refractivity contribution in [1.82, 2.24) is 10.2 Å². The fourth-order valence-corrected chi connectivity index (χ4v) is 7.22. The van der Waals surface area contributed by atoms with E-state index in [1.807, 2.05) is 37.3 Å². The van der Waals surface area contributed by atoms with E-state index in [1.165, 1.54) is 35.2 Å². The quantitative estimate of drug-likeness (QED) is 0.155. The molecule has 12 heteroatoms. The van der Waals surface area contributed by atoms with Crippen LogP contribution < -0.4 is 9.62 Å². The molecule has 4 rings (SSSR count). The number of hydrogen-bond donors (Lipinski definition) is 1. The molecule has 4 aromatic carbocycles. The minimum atomic E-state index is -4.32. The monoisotopic (exact) mass is 705 g/mol. The molecule has 4 aromatic rings. The topological polar surface area (TPSA) is 86.8 Å². The summed E-state index contributed by atoms with van der Waals surface area (Å²) in [6.07, 6.45) is 0.823. The second-order valence-electron chi connectivity index (χ2n) is 10.1. The first-order valence-corrected chi connectivity index (χ1v) is 17.0. The summed E-state index contributed by atoms with van der Waals surface area (Å²) in [4.78, 5) is 29.5. The lowest BCUT2D eigenvalue weighted by atomic mass is 10.0. The van der Waals surface area contributed by atoms with Crippen molar-refractivity contribution in [2.24, 2.45) is 0 Å². The zero-order valence-electron chi connectivity index (χ0n) is 24.3. The zero-order valence-corrected chi connectivity index (χ0v) is 28.1. The van der Waals surface area contributed by atoms with E-state index in [0.717, 1.165) is 9.87 Å². The summed E-state index contributed by atoms with van der Waals surface area (Å²) in [6.45, 7) is 1.45. The first-order valence-electron chi connectivity index (χ1n) is 14.1. The molecule has 0 aliphatic heterocycles. The van der Waals surface area contributed by atoms with Crippen LogP contribution >= 0.6 is 46.4 Å². The molecule has 1 unspecified atom stereocenters. The first kappa shape index (κ1) is 34.6. The van der Waals surface area contributed by atoms with Crippen LogP contribution in [-0.2, 0) is 32.6 Å². The van der Waals surface area contributed by atoms with Crippen LogP contribution in [0, 0.1) is 0 Å². The van der Waals surface area contributed by atoms with Crippen molar-refractivity contribution in [1.29, 1.82) is 0 Å². The summed E-state index contributed by atoms with van der Waals surface area (Å²) < 4.78 is 29.1. The molecule has 1 N–H and O–H groups in total. The molecule has 0 saturated heterocycles. The molecule has 2 amide bonds. The summed E-state index contributed by atoms with van der Waals surface area (Å²) in [5.74, 6) is -1.08. The molecular formula is C33H31Cl4N3O4S. The Morgan fingerprint density at radius 3 is 2.02 bits per heavy atom. The maximum atomic E-state index is 14.5. The van der Waals surface area contributed by atoms with E-state index in [2.05, 4.69) is 5.32 Å². The van der Waals surface area contributed by atoms with Crippen molar-refractivity contribution in [3.05, 3.63) is 128 Å². The van der Waals surface area contributed by atoms with Crippen molar-refractivity contribution < 1.29 is 18.0 Å². The van der Waals surface area contributed by atoms with Crippen LogP contribution in [0.3, 0.4) is 0 Å². The van der Waals surface area contributed by atoms with Gasteiger partial charge in [-0.2, -0.15) is 0 Å². The summed E-state index contributed by atoms with van der Waals surface area (Å²) in [7, 11) is -4.32. The molecule has 0 spiro atoms. The van der Waals surface area contributed by atoms with Gasteiger partial charge in [0.15, 0.2) is 0 Å². The second-order valence-corrected chi connectivity index (χ2v) is 13.7. The Kier molecular flexibility index (Phi) is 12.2. The predicted molar refractivity (Wildman–Crippen MR) is 182 cm³/mol. The number of halogens is 4. The maximum absolute atomic E-state index is 14.5. The molecule has 0 aliphatic rings. The van der Waals surface area contributed by atoms with Crippen molar-refractivity contribution in [3.8, 4) is 0 Å². The number of anilines is 1. The smallest absolute Gasteiger partial charge is 0.264 e. The summed E-state index contributed by atoms with van der Waals surface area (Å²) in [6, 6.07) is 25.1. The lowest BCUT2D eigenvalue weighted by molar-refractivity contribution is -0.140. The Balaban J connectivity index is 1.85. The molecule has 0 aromatic heterocycles. The van der Waals surface area contributed by atoms with Gasteiger partial charge in [-0.25, -0.2) is 8.42 Å². The third kappa shape index (κ3) is 8.71. The SMILES string of the molecule is CCCNC(=O)C(Cc1ccccc1)N(Cc1c(Cl)cccc1Cl)C(=O)CN(c1ccc(Cl)cc1Cl)S(=O)(=O)c1ccccc1. The fraction of sp³-hybridized carbons (Fsp3) is 0.212. The molecular weight excluding hydrogens is 676 g/mol. The Bertz CT molecular complexity index is 1720. The van der Waals surface area contributed by atoms with Gasteiger partial charge in [0.2, 0.25) is 11.8 Å². The Hall–Kier alpha value is -3.27. The van der Waals surface area contributed by atoms with E-state index in [0.29, 0.717) is 28.6 Å². The number of hydrogen-bond acceptors (Lipinski definition) is 4. The molecule has 0 radical (unpaired) electrons. The van der Waals surface area contributed by atoms with E-state index in [1.54, 1.807) is 36.4 Å². The molecule has 0 saturated carbocycles. The largest absolute Gasteiger partial charge is 0.354 e. The highest BCUT2D eigenvalue weighted by atomic mass is 35.5. The highest BCUT2D eigenvalue weighted by molar-refractivity contribution is 7.92. The average Bonchev–Trinajstić information content (AvgIpc) is 3.02. The number of nitrogens with zero attached hydrogens (tertiary/aromatic N) is 2. The van der Waals surface area contributed by atoms with E-state index in [4.69, 9.17) is 46.4 Å². The van der Waals surface area contributed by atoms with Gasteiger partial charge in [0.25, 0.3) is 10.0 Å². The Labute approximate surface area is 283 Å². The first-order chi connectivity index (χ1) is 21.5. The number of benzene rings is 4. The predicted octanol–water partition coefficient (Wildman–Crippen LogP) is 7.66. The van der Waals surface area contributed by atoms with Gasteiger partial charge in [-0.05, 0) is 54.4 Å². The molecule has 7 nitrogen and oxygen atoms in total. The number of sulfonamides is 1. The van der Waals surface area contributed by atoms with Crippen LogP contribution in [0.1, 0.15) is 24.5 Å². The fourth-order valence-electron chi connectivity index (χ4n) is 4.69. The lowest BCUT2D eigenvalue weighted by Crippen LogP contribution is -2.53. The molecule has 45 heavy (non-hydrogen) atoms. The van der Waals surface area contributed by atoms with Gasteiger partial charge < -0.3 is 10.2 Å². The van der Waals surface area contributed by atoms with Crippen molar-refractivity contribution in [2.75, 3.05) is 17.4 Å². The summed E-state index contributed by atoms with van der Waals surface area (Å²) in [5.41, 5.74) is 1.26. The number of rotatable bonds is 13. The van der Waals surface area contributed by atoms with Crippen molar-refractivity contribution in [2.45, 2.75) is 37.2 Å². The Morgan fingerprint density at radius 1 is 0.800 bits per heavy atom. The summed E-state index contributed by atoms with van der Waals surface area (Å²) in [5, 5.41) is 3.80. The van der Waals surface area contributed by atoms with E-state index >= 15 is 0 Å². The van der Waals surface area contributed by atoms with Gasteiger partial charge in [-0.3, -0.25) is 13.9 Å². The zero-order chi connectivity index (χ0) is 32.6. The van der Waals surface area contributed by atoms with Crippen LogP contribution in [0.25, 0.3) is 0 Å². The Morgan fingerprint density at radius 2 is 1.42 bits per heavy atom. The normalized spacial score (nSPS) is 11.9. The number of carbonyl (C=O) groups excluding carboxylic acids is 2. The van der Waals surface area contributed by atoms with Gasteiger partial charge in [0.1, 0.15) is 12.6 Å². The highest BCUT2D eigenvalue weighted by Gasteiger charge is 2.35. The minimum Gasteiger partial charge on any atom is -0.354 e. The minimum absolute atomic E-state index is 0.0250. The molecule has 0 heterocycles. The van der Waals surface area contributed by atoms with Crippen LogP contribution in [0.4, 0.5) is 5.69 Å². The van der Waals surface area contributed by atoms with E-state index in [-0.39, 0.29) is 33.6 Å². The lowest BCUT2D eigenvalue weighted by Gasteiger charge is -2.34.